The van der Waals surface area contributed by atoms with E-state index in [-0.39, 0.29) is 5.76 Å². The minimum Gasteiger partial charge on any atom is -0.463 e. The molecule has 1 fully saturated rings. The van der Waals surface area contributed by atoms with Crippen LogP contribution in [0.5, 0.6) is 0 Å². The molecule has 1 aliphatic carbocycles. The van der Waals surface area contributed by atoms with Gasteiger partial charge in [0.15, 0.2) is 0 Å². The van der Waals surface area contributed by atoms with Crippen molar-refractivity contribution in [1.82, 2.24) is 5.32 Å². The second kappa shape index (κ2) is 6.05. The van der Waals surface area contributed by atoms with Crippen LogP contribution in [0.3, 0.4) is 0 Å². The molecule has 1 aliphatic rings. The maximum atomic E-state index is 11.2. The lowest BCUT2D eigenvalue weighted by atomic mass is 10.00. The molecule has 18 heavy (non-hydrogen) atoms. The topological polar surface area (TPSA) is 51.5 Å². The van der Waals surface area contributed by atoms with Crippen molar-refractivity contribution in [2.75, 3.05) is 7.11 Å². The number of rotatable bonds is 5. The van der Waals surface area contributed by atoms with Gasteiger partial charge in [-0.15, -0.1) is 0 Å². The number of ether oxygens (including phenoxy) is 1. The predicted octanol–water partition coefficient (Wildman–Crippen LogP) is 2.73. The smallest absolute Gasteiger partial charge is 0.373 e. The second-order valence-electron chi connectivity index (χ2n) is 4.97. The molecule has 0 saturated heterocycles. The van der Waals surface area contributed by atoms with E-state index in [4.69, 9.17) is 4.42 Å². The fraction of sp³-hybridized carbons (Fsp3) is 0.643. The zero-order chi connectivity index (χ0) is 13.0. The van der Waals surface area contributed by atoms with E-state index in [0.29, 0.717) is 12.6 Å². The van der Waals surface area contributed by atoms with E-state index in [9.17, 15) is 4.79 Å². The highest BCUT2D eigenvalue weighted by Gasteiger charge is 2.21. The third kappa shape index (κ3) is 3.13. The van der Waals surface area contributed by atoms with E-state index >= 15 is 0 Å². The molecule has 1 unspecified atom stereocenters. The average molecular weight is 251 g/mol. The first-order valence-electron chi connectivity index (χ1n) is 6.61. The van der Waals surface area contributed by atoms with E-state index in [1.807, 2.05) is 6.07 Å². The van der Waals surface area contributed by atoms with Crippen molar-refractivity contribution in [3.63, 3.8) is 0 Å². The van der Waals surface area contributed by atoms with Gasteiger partial charge in [0, 0.05) is 6.04 Å². The zero-order valence-corrected chi connectivity index (χ0v) is 11.1. The number of hydrogen-bond donors (Lipinski definition) is 1. The number of esters is 1. The Hall–Kier alpha value is -1.29. The number of furan rings is 1. The highest BCUT2D eigenvalue weighted by molar-refractivity contribution is 5.86. The molecule has 1 aromatic rings. The first-order chi connectivity index (χ1) is 8.70. The second-order valence-corrected chi connectivity index (χ2v) is 4.97. The summed E-state index contributed by atoms with van der Waals surface area (Å²) in [5.41, 5.74) is 0. The Bertz CT molecular complexity index is 393. The van der Waals surface area contributed by atoms with Crippen molar-refractivity contribution in [3.05, 3.63) is 23.7 Å². The van der Waals surface area contributed by atoms with Gasteiger partial charge in [-0.3, -0.25) is 0 Å². The monoisotopic (exact) mass is 251 g/mol. The van der Waals surface area contributed by atoms with E-state index < -0.39 is 5.97 Å². The van der Waals surface area contributed by atoms with E-state index in [1.165, 1.54) is 32.8 Å². The van der Waals surface area contributed by atoms with Crippen molar-refractivity contribution in [2.24, 2.45) is 5.92 Å². The molecule has 0 amide bonds. The van der Waals surface area contributed by atoms with Gasteiger partial charge >= 0.3 is 5.97 Å². The van der Waals surface area contributed by atoms with Gasteiger partial charge in [-0.05, 0) is 37.8 Å². The summed E-state index contributed by atoms with van der Waals surface area (Å²) in [4.78, 5) is 11.2. The largest absolute Gasteiger partial charge is 0.463 e. The average Bonchev–Trinajstić information content (AvgIpc) is 3.05. The van der Waals surface area contributed by atoms with Crippen LogP contribution in [-0.2, 0) is 11.3 Å². The summed E-state index contributed by atoms with van der Waals surface area (Å²) in [6.07, 6.45) is 5.34. The molecule has 1 N–H and O–H groups in total. The van der Waals surface area contributed by atoms with Crippen LogP contribution in [0.15, 0.2) is 16.5 Å². The predicted molar refractivity (Wildman–Crippen MR) is 68.3 cm³/mol. The van der Waals surface area contributed by atoms with Crippen LogP contribution >= 0.6 is 0 Å². The Morgan fingerprint density at radius 2 is 2.22 bits per heavy atom. The molecule has 0 aromatic carbocycles. The third-order valence-electron chi connectivity index (χ3n) is 3.75. The van der Waals surface area contributed by atoms with Gasteiger partial charge in [-0.2, -0.15) is 0 Å². The fourth-order valence-corrected chi connectivity index (χ4v) is 2.57. The summed E-state index contributed by atoms with van der Waals surface area (Å²) in [5, 5.41) is 3.47. The third-order valence-corrected chi connectivity index (χ3v) is 3.75. The van der Waals surface area contributed by atoms with Crippen LogP contribution < -0.4 is 5.32 Å². The zero-order valence-electron chi connectivity index (χ0n) is 11.1. The van der Waals surface area contributed by atoms with Gasteiger partial charge in [0.25, 0.3) is 0 Å². The summed E-state index contributed by atoms with van der Waals surface area (Å²) in [6, 6.07) is 3.98. The molecule has 4 nitrogen and oxygen atoms in total. The number of nitrogens with one attached hydrogen (secondary N) is 1. The standard InChI is InChI=1S/C14H21NO3/c1-10(11-5-3-4-6-11)15-9-12-7-8-13(18-12)14(16)17-2/h7-8,10-11,15H,3-6,9H2,1-2H3. The molecular weight excluding hydrogens is 230 g/mol. The van der Waals surface area contributed by atoms with Gasteiger partial charge in [0.05, 0.1) is 13.7 Å². The van der Waals surface area contributed by atoms with Gasteiger partial charge in [-0.1, -0.05) is 12.8 Å². The molecule has 1 aromatic heterocycles. The number of carbonyl (C=O) groups is 1. The van der Waals surface area contributed by atoms with Crippen LogP contribution in [-0.4, -0.2) is 19.1 Å². The number of hydrogen-bond acceptors (Lipinski definition) is 4. The van der Waals surface area contributed by atoms with Crippen LogP contribution in [0.1, 0.15) is 48.9 Å². The Morgan fingerprint density at radius 1 is 1.50 bits per heavy atom. The summed E-state index contributed by atoms with van der Waals surface area (Å²) in [6.45, 7) is 2.88. The fourth-order valence-electron chi connectivity index (χ4n) is 2.57. The molecule has 1 heterocycles. The van der Waals surface area contributed by atoms with Crippen molar-refractivity contribution in [3.8, 4) is 0 Å². The summed E-state index contributed by atoms with van der Waals surface area (Å²) in [7, 11) is 1.35. The summed E-state index contributed by atoms with van der Waals surface area (Å²) >= 11 is 0. The van der Waals surface area contributed by atoms with Crippen molar-refractivity contribution < 1.29 is 13.9 Å². The molecule has 0 bridgehead atoms. The minimum absolute atomic E-state index is 0.266. The van der Waals surface area contributed by atoms with Crippen molar-refractivity contribution in [1.29, 1.82) is 0 Å². The van der Waals surface area contributed by atoms with Crippen LogP contribution in [0, 0.1) is 5.92 Å². The molecular formula is C14H21NO3. The van der Waals surface area contributed by atoms with E-state index in [0.717, 1.165) is 11.7 Å². The van der Waals surface area contributed by atoms with Crippen LogP contribution in [0.25, 0.3) is 0 Å². The quantitative estimate of drug-likeness (QED) is 0.817. The Balaban J connectivity index is 1.82. The Morgan fingerprint density at radius 3 is 2.89 bits per heavy atom. The summed E-state index contributed by atoms with van der Waals surface area (Å²) < 4.78 is 10.0. The molecule has 0 aliphatic heterocycles. The molecule has 100 valence electrons. The minimum atomic E-state index is -0.426. The first-order valence-corrected chi connectivity index (χ1v) is 6.61. The Kier molecular flexibility index (Phi) is 4.42. The van der Waals surface area contributed by atoms with Crippen molar-refractivity contribution in [2.45, 2.75) is 45.2 Å². The highest BCUT2D eigenvalue weighted by atomic mass is 16.5. The Labute approximate surface area is 108 Å². The molecule has 0 spiro atoms. The normalized spacial score (nSPS) is 17.9. The SMILES string of the molecule is COC(=O)c1ccc(CNC(C)C2CCCC2)o1. The highest BCUT2D eigenvalue weighted by Crippen LogP contribution is 2.27. The lowest BCUT2D eigenvalue weighted by Crippen LogP contribution is -2.31. The maximum absolute atomic E-state index is 11.2. The first kappa shape index (κ1) is 13.1. The van der Waals surface area contributed by atoms with Crippen LogP contribution in [0.2, 0.25) is 0 Å². The summed E-state index contributed by atoms with van der Waals surface area (Å²) in [5.74, 6) is 1.40. The van der Waals surface area contributed by atoms with Gasteiger partial charge < -0.3 is 14.5 Å². The van der Waals surface area contributed by atoms with E-state index in [1.54, 1.807) is 6.07 Å². The van der Waals surface area contributed by atoms with Gasteiger partial charge in [-0.25, -0.2) is 4.79 Å². The van der Waals surface area contributed by atoms with Crippen LogP contribution in [0.4, 0.5) is 0 Å². The molecule has 2 rings (SSSR count). The number of carbonyl (C=O) groups excluding carboxylic acids is 1. The maximum Gasteiger partial charge on any atom is 0.373 e. The lowest BCUT2D eigenvalue weighted by molar-refractivity contribution is 0.0562. The lowest BCUT2D eigenvalue weighted by Gasteiger charge is -2.19. The van der Waals surface area contributed by atoms with E-state index in [2.05, 4.69) is 17.0 Å². The molecule has 0 radical (unpaired) electrons. The van der Waals surface area contributed by atoms with Gasteiger partial charge in [0.1, 0.15) is 5.76 Å². The molecule has 1 saturated carbocycles. The molecule has 1 atom stereocenters. The van der Waals surface area contributed by atoms with Crippen molar-refractivity contribution >= 4 is 5.97 Å². The van der Waals surface area contributed by atoms with Gasteiger partial charge in [0.2, 0.25) is 5.76 Å². The molecule has 4 heteroatoms. The number of methoxy groups -OCH3 is 1.